The van der Waals surface area contributed by atoms with Crippen molar-refractivity contribution in [3.63, 3.8) is 0 Å². The number of rotatable bonds is 4. The first-order chi connectivity index (χ1) is 11.2. The van der Waals surface area contributed by atoms with Crippen LogP contribution < -0.4 is 15.0 Å². The van der Waals surface area contributed by atoms with E-state index in [2.05, 4.69) is 15.2 Å². The fourth-order valence-corrected chi connectivity index (χ4v) is 2.91. The Labute approximate surface area is 140 Å². The predicted molar refractivity (Wildman–Crippen MR) is 91.6 cm³/mol. The van der Waals surface area contributed by atoms with E-state index in [9.17, 15) is 4.79 Å². The molecule has 23 heavy (non-hydrogen) atoms. The van der Waals surface area contributed by atoms with Gasteiger partial charge in [0.2, 0.25) is 0 Å². The van der Waals surface area contributed by atoms with Crippen LogP contribution in [0.2, 0.25) is 5.02 Å². The van der Waals surface area contributed by atoms with Gasteiger partial charge in [0.05, 0.1) is 12.1 Å². The van der Waals surface area contributed by atoms with Gasteiger partial charge in [-0.1, -0.05) is 11.6 Å². The zero-order valence-electron chi connectivity index (χ0n) is 12.9. The van der Waals surface area contributed by atoms with Crippen LogP contribution in [0.15, 0.2) is 36.5 Å². The van der Waals surface area contributed by atoms with E-state index in [4.69, 9.17) is 16.3 Å². The van der Waals surface area contributed by atoms with Gasteiger partial charge in [0, 0.05) is 30.7 Å². The number of benzene rings is 1. The van der Waals surface area contributed by atoms with Gasteiger partial charge >= 0.3 is 0 Å². The fourth-order valence-electron chi connectivity index (χ4n) is 2.65. The molecule has 1 aliphatic rings. The van der Waals surface area contributed by atoms with Gasteiger partial charge in [-0.25, -0.2) is 0 Å². The summed E-state index contributed by atoms with van der Waals surface area (Å²) in [7, 11) is 1.55. The van der Waals surface area contributed by atoms with Gasteiger partial charge in [-0.3, -0.25) is 9.78 Å². The van der Waals surface area contributed by atoms with Crippen LogP contribution in [0.3, 0.4) is 0 Å². The number of pyridine rings is 1. The number of amides is 1. The molecule has 0 atom stereocenters. The van der Waals surface area contributed by atoms with Gasteiger partial charge in [-0.05, 0) is 43.2 Å². The molecule has 1 aromatic heterocycles. The highest BCUT2D eigenvalue weighted by Gasteiger charge is 2.15. The molecule has 0 bridgehead atoms. The Morgan fingerprint density at radius 3 is 2.74 bits per heavy atom. The smallest absolute Gasteiger partial charge is 0.274 e. The Kier molecular flexibility index (Phi) is 4.67. The molecule has 1 N–H and O–H groups in total. The molecule has 5 nitrogen and oxygen atoms in total. The average Bonchev–Trinajstić information content (AvgIpc) is 3.10. The number of ether oxygens (including phenoxy) is 1. The molecule has 1 amide bonds. The summed E-state index contributed by atoms with van der Waals surface area (Å²) >= 11 is 6.07. The van der Waals surface area contributed by atoms with Crippen LogP contribution in [0.1, 0.15) is 23.3 Å². The molecule has 2 aromatic rings. The highest BCUT2D eigenvalue weighted by molar-refractivity contribution is 6.32. The molecular formula is C17H18ClN3O2. The molecule has 0 unspecified atom stereocenters. The Morgan fingerprint density at radius 2 is 2.04 bits per heavy atom. The summed E-state index contributed by atoms with van der Waals surface area (Å²) in [5.41, 5.74) is 2.03. The lowest BCUT2D eigenvalue weighted by Crippen LogP contribution is -2.19. The number of methoxy groups -OCH3 is 1. The maximum absolute atomic E-state index is 12.4. The second-order valence-corrected chi connectivity index (χ2v) is 5.80. The summed E-state index contributed by atoms with van der Waals surface area (Å²) in [6, 6.07) is 8.87. The predicted octanol–water partition coefficient (Wildman–Crippen LogP) is 3.60. The summed E-state index contributed by atoms with van der Waals surface area (Å²) in [6.45, 7) is 2.05. The zero-order chi connectivity index (χ0) is 16.2. The van der Waals surface area contributed by atoms with Crippen molar-refractivity contribution in [3.8, 4) is 5.75 Å². The SMILES string of the molecule is COc1ccc(NC(=O)c2cc(N3CCCC3)ccn2)cc1Cl. The molecule has 3 rings (SSSR count). The minimum absolute atomic E-state index is 0.257. The van der Waals surface area contributed by atoms with E-state index in [0.717, 1.165) is 18.8 Å². The van der Waals surface area contributed by atoms with Crippen molar-refractivity contribution in [3.05, 3.63) is 47.2 Å². The number of anilines is 2. The number of nitrogens with one attached hydrogen (secondary N) is 1. The lowest BCUT2D eigenvalue weighted by atomic mass is 10.2. The summed E-state index contributed by atoms with van der Waals surface area (Å²) in [4.78, 5) is 18.8. The van der Waals surface area contributed by atoms with Crippen LogP contribution in [0.5, 0.6) is 5.75 Å². The van der Waals surface area contributed by atoms with E-state index in [1.165, 1.54) is 12.8 Å². The number of hydrogen-bond donors (Lipinski definition) is 1. The first kappa shape index (κ1) is 15.6. The monoisotopic (exact) mass is 331 g/mol. The van der Waals surface area contributed by atoms with Crippen molar-refractivity contribution in [1.29, 1.82) is 0 Å². The minimum atomic E-state index is -0.257. The van der Waals surface area contributed by atoms with E-state index < -0.39 is 0 Å². The Balaban J connectivity index is 1.75. The van der Waals surface area contributed by atoms with E-state index in [1.807, 2.05) is 12.1 Å². The number of hydrogen-bond acceptors (Lipinski definition) is 4. The van der Waals surface area contributed by atoms with Gasteiger partial charge in [0.25, 0.3) is 5.91 Å². The van der Waals surface area contributed by atoms with Crippen LogP contribution in [-0.2, 0) is 0 Å². The van der Waals surface area contributed by atoms with Gasteiger partial charge < -0.3 is 15.0 Å². The molecule has 1 fully saturated rings. The van der Waals surface area contributed by atoms with Crippen LogP contribution in [0.4, 0.5) is 11.4 Å². The van der Waals surface area contributed by atoms with Crippen LogP contribution in [0.25, 0.3) is 0 Å². The molecule has 2 heterocycles. The number of halogens is 1. The largest absolute Gasteiger partial charge is 0.495 e. The number of carbonyl (C=O) groups excluding carboxylic acids is 1. The van der Waals surface area contributed by atoms with Crippen LogP contribution in [-0.4, -0.2) is 31.1 Å². The Morgan fingerprint density at radius 1 is 1.26 bits per heavy atom. The zero-order valence-corrected chi connectivity index (χ0v) is 13.6. The van der Waals surface area contributed by atoms with Crippen LogP contribution in [0, 0.1) is 0 Å². The van der Waals surface area contributed by atoms with Gasteiger partial charge in [-0.2, -0.15) is 0 Å². The lowest BCUT2D eigenvalue weighted by Gasteiger charge is -2.17. The van der Waals surface area contributed by atoms with Gasteiger partial charge in [-0.15, -0.1) is 0 Å². The van der Waals surface area contributed by atoms with E-state index in [-0.39, 0.29) is 5.91 Å². The molecule has 1 saturated heterocycles. The summed E-state index contributed by atoms with van der Waals surface area (Å²) in [6.07, 6.45) is 4.05. The number of aromatic nitrogens is 1. The average molecular weight is 332 g/mol. The van der Waals surface area contributed by atoms with Crippen molar-refractivity contribution >= 4 is 28.9 Å². The Bertz CT molecular complexity index is 715. The summed E-state index contributed by atoms with van der Waals surface area (Å²) in [5, 5.41) is 3.26. The highest BCUT2D eigenvalue weighted by atomic mass is 35.5. The maximum atomic E-state index is 12.4. The molecule has 6 heteroatoms. The fraction of sp³-hybridized carbons (Fsp3) is 0.294. The third-order valence-electron chi connectivity index (χ3n) is 3.86. The summed E-state index contributed by atoms with van der Waals surface area (Å²) < 4.78 is 5.10. The minimum Gasteiger partial charge on any atom is -0.495 e. The van der Waals surface area contributed by atoms with Gasteiger partial charge in [0.15, 0.2) is 0 Å². The first-order valence-corrected chi connectivity index (χ1v) is 7.91. The molecule has 0 radical (unpaired) electrons. The molecule has 0 spiro atoms. The second kappa shape index (κ2) is 6.87. The van der Waals surface area contributed by atoms with Crippen molar-refractivity contribution in [2.75, 3.05) is 30.4 Å². The second-order valence-electron chi connectivity index (χ2n) is 5.40. The first-order valence-electron chi connectivity index (χ1n) is 7.53. The van der Waals surface area contributed by atoms with Crippen molar-refractivity contribution in [1.82, 2.24) is 4.98 Å². The molecule has 1 aliphatic heterocycles. The van der Waals surface area contributed by atoms with Crippen molar-refractivity contribution in [2.24, 2.45) is 0 Å². The topological polar surface area (TPSA) is 54.5 Å². The van der Waals surface area contributed by atoms with E-state index in [1.54, 1.807) is 31.5 Å². The lowest BCUT2D eigenvalue weighted by molar-refractivity contribution is 0.102. The molecule has 1 aromatic carbocycles. The molecule has 0 aliphatic carbocycles. The summed E-state index contributed by atoms with van der Waals surface area (Å²) in [5.74, 6) is 0.311. The standard InChI is InChI=1S/C17H18ClN3O2/c1-23-16-5-4-12(10-14(16)18)20-17(22)15-11-13(6-7-19-15)21-8-2-3-9-21/h4-7,10-11H,2-3,8-9H2,1H3,(H,20,22). The number of carbonyl (C=O) groups is 1. The normalized spacial score (nSPS) is 13.9. The van der Waals surface area contributed by atoms with Crippen molar-refractivity contribution in [2.45, 2.75) is 12.8 Å². The van der Waals surface area contributed by atoms with E-state index in [0.29, 0.717) is 22.2 Å². The third kappa shape index (κ3) is 3.56. The third-order valence-corrected chi connectivity index (χ3v) is 4.15. The highest BCUT2D eigenvalue weighted by Crippen LogP contribution is 2.27. The van der Waals surface area contributed by atoms with E-state index >= 15 is 0 Å². The van der Waals surface area contributed by atoms with Crippen LogP contribution >= 0.6 is 11.6 Å². The molecular weight excluding hydrogens is 314 g/mol. The molecule has 0 saturated carbocycles. The molecule has 120 valence electrons. The van der Waals surface area contributed by atoms with Gasteiger partial charge in [0.1, 0.15) is 11.4 Å². The van der Waals surface area contributed by atoms with Crippen molar-refractivity contribution < 1.29 is 9.53 Å². The maximum Gasteiger partial charge on any atom is 0.274 e. The number of nitrogens with zero attached hydrogens (tertiary/aromatic N) is 2. The Hall–Kier alpha value is -2.27. The quantitative estimate of drug-likeness (QED) is 0.930.